The average Bonchev–Trinajstić information content (AvgIpc) is 3.13. The SMILES string of the molecule is Cc1ncn(-c2cc(Oc3ccc(NC(=O)COc4ccc(Cl)cc4)cc3)ncn2)c1C. The summed E-state index contributed by atoms with van der Waals surface area (Å²) in [7, 11) is 0. The van der Waals surface area contributed by atoms with Gasteiger partial charge in [-0.05, 0) is 62.4 Å². The molecule has 2 aromatic heterocycles. The van der Waals surface area contributed by atoms with Gasteiger partial charge in [-0.3, -0.25) is 9.36 Å². The van der Waals surface area contributed by atoms with Gasteiger partial charge in [-0.2, -0.15) is 0 Å². The second kappa shape index (κ2) is 9.49. The second-order valence-corrected chi connectivity index (χ2v) is 7.35. The maximum Gasteiger partial charge on any atom is 0.262 e. The lowest BCUT2D eigenvalue weighted by molar-refractivity contribution is -0.118. The number of carbonyl (C=O) groups excluding carboxylic acids is 1. The average molecular weight is 450 g/mol. The zero-order chi connectivity index (χ0) is 22.5. The third-order valence-corrected chi connectivity index (χ3v) is 4.92. The van der Waals surface area contributed by atoms with Crippen LogP contribution in [0, 0.1) is 13.8 Å². The second-order valence-electron chi connectivity index (χ2n) is 6.92. The standard InChI is InChI=1S/C23H20ClN5O3/c1-15-16(2)29(14-27-15)21-11-23(26-13-25-21)32-20-9-5-18(6-10-20)28-22(30)12-31-19-7-3-17(24)4-8-19/h3-11,13-14H,12H2,1-2H3,(H,28,30). The van der Waals surface area contributed by atoms with Crippen LogP contribution in [0.4, 0.5) is 5.69 Å². The number of aryl methyl sites for hydroxylation is 1. The van der Waals surface area contributed by atoms with E-state index in [1.165, 1.54) is 6.33 Å². The van der Waals surface area contributed by atoms with Crippen LogP contribution in [0.2, 0.25) is 5.02 Å². The lowest BCUT2D eigenvalue weighted by atomic mass is 10.3. The zero-order valence-electron chi connectivity index (χ0n) is 17.4. The number of ether oxygens (including phenoxy) is 2. The summed E-state index contributed by atoms with van der Waals surface area (Å²) in [6.07, 6.45) is 3.15. The highest BCUT2D eigenvalue weighted by Gasteiger charge is 2.09. The normalized spacial score (nSPS) is 10.6. The third kappa shape index (κ3) is 5.22. The van der Waals surface area contributed by atoms with Crippen LogP contribution in [0.5, 0.6) is 17.4 Å². The molecule has 0 fully saturated rings. The number of rotatable bonds is 7. The smallest absolute Gasteiger partial charge is 0.262 e. The Balaban J connectivity index is 1.34. The van der Waals surface area contributed by atoms with Crippen molar-refractivity contribution in [3.8, 4) is 23.2 Å². The number of hydrogen-bond acceptors (Lipinski definition) is 6. The lowest BCUT2D eigenvalue weighted by Gasteiger charge is -2.10. The highest BCUT2D eigenvalue weighted by molar-refractivity contribution is 6.30. The number of anilines is 1. The maximum atomic E-state index is 12.1. The molecule has 0 aliphatic heterocycles. The number of imidazole rings is 1. The lowest BCUT2D eigenvalue weighted by Crippen LogP contribution is -2.20. The van der Waals surface area contributed by atoms with E-state index >= 15 is 0 Å². The fraction of sp³-hybridized carbons (Fsp3) is 0.130. The van der Waals surface area contributed by atoms with Crippen LogP contribution in [-0.2, 0) is 4.79 Å². The van der Waals surface area contributed by atoms with Gasteiger partial charge in [0, 0.05) is 22.5 Å². The molecule has 0 bridgehead atoms. The number of hydrogen-bond donors (Lipinski definition) is 1. The molecule has 0 radical (unpaired) electrons. The largest absolute Gasteiger partial charge is 0.484 e. The van der Waals surface area contributed by atoms with Crippen LogP contribution in [0.15, 0.2) is 67.3 Å². The first-order valence-corrected chi connectivity index (χ1v) is 10.1. The molecule has 0 atom stereocenters. The Morgan fingerprint density at radius 3 is 2.41 bits per heavy atom. The number of aromatic nitrogens is 4. The van der Waals surface area contributed by atoms with Gasteiger partial charge in [0.1, 0.15) is 30.0 Å². The minimum Gasteiger partial charge on any atom is -0.484 e. The molecule has 0 saturated heterocycles. The fourth-order valence-electron chi connectivity index (χ4n) is 2.85. The highest BCUT2D eigenvalue weighted by Crippen LogP contribution is 2.23. The van der Waals surface area contributed by atoms with Gasteiger partial charge in [-0.1, -0.05) is 11.6 Å². The van der Waals surface area contributed by atoms with Crippen molar-refractivity contribution in [2.75, 3.05) is 11.9 Å². The first-order valence-electron chi connectivity index (χ1n) is 9.77. The zero-order valence-corrected chi connectivity index (χ0v) is 18.2. The van der Waals surface area contributed by atoms with Crippen LogP contribution in [0.3, 0.4) is 0 Å². The van der Waals surface area contributed by atoms with E-state index in [9.17, 15) is 4.79 Å². The molecule has 162 valence electrons. The van der Waals surface area contributed by atoms with E-state index in [1.807, 2.05) is 18.4 Å². The van der Waals surface area contributed by atoms with Crippen molar-refractivity contribution in [2.24, 2.45) is 0 Å². The topological polar surface area (TPSA) is 91.2 Å². The van der Waals surface area contributed by atoms with E-state index < -0.39 is 0 Å². The van der Waals surface area contributed by atoms with E-state index in [0.29, 0.717) is 33.9 Å². The number of benzene rings is 2. The molecule has 0 aliphatic carbocycles. The summed E-state index contributed by atoms with van der Waals surface area (Å²) < 4.78 is 13.1. The van der Waals surface area contributed by atoms with Gasteiger partial charge < -0.3 is 14.8 Å². The molecule has 9 heteroatoms. The van der Waals surface area contributed by atoms with Crippen molar-refractivity contribution >= 4 is 23.2 Å². The van der Waals surface area contributed by atoms with Gasteiger partial charge >= 0.3 is 0 Å². The van der Waals surface area contributed by atoms with E-state index in [1.54, 1.807) is 60.9 Å². The molecule has 1 N–H and O–H groups in total. The van der Waals surface area contributed by atoms with Gasteiger partial charge in [0.25, 0.3) is 5.91 Å². The molecular formula is C23H20ClN5O3. The van der Waals surface area contributed by atoms with Gasteiger partial charge in [-0.25, -0.2) is 15.0 Å². The van der Waals surface area contributed by atoms with Crippen molar-refractivity contribution in [3.63, 3.8) is 0 Å². The van der Waals surface area contributed by atoms with Crippen molar-refractivity contribution in [1.29, 1.82) is 0 Å². The fourth-order valence-corrected chi connectivity index (χ4v) is 2.98. The third-order valence-electron chi connectivity index (χ3n) is 4.67. The highest BCUT2D eigenvalue weighted by atomic mass is 35.5. The van der Waals surface area contributed by atoms with E-state index in [4.69, 9.17) is 21.1 Å². The number of nitrogens with zero attached hydrogens (tertiary/aromatic N) is 4. The Bertz CT molecular complexity index is 1220. The van der Waals surface area contributed by atoms with E-state index in [0.717, 1.165) is 11.4 Å². The quantitative estimate of drug-likeness (QED) is 0.438. The summed E-state index contributed by atoms with van der Waals surface area (Å²) in [6, 6.07) is 15.5. The first-order chi connectivity index (χ1) is 15.5. The molecule has 0 aliphatic rings. The maximum absolute atomic E-state index is 12.1. The van der Waals surface area contributed by atoms with E-state index in [-0.39, 0.29) is 12.5 Å². The molecule has 2 heterocycles. The number of amides is 1. The Morgan fingerprint density at radius 2 is 1.72 bits per heavy atom. The number of nitrogens with one attached hydrogen (secondary N) is 1. The Morgan fingerprint density at radius 1 is 1.00 bits per heavy atom. The number of carbonyl (C=O) groups is 1. The van der Waals surface area contributed by atoms with Crippen LogP contribution in [-0.4, -0.2) is 32.0 Å². The Kier molecular flexibility index (Phi) is 6.32. The summed E-state index contributed by atoms with van der Waals surface area (Å²) in [4.78, 5) is 24.8. The first kappa shape index (κ1) is 21.3. The summed E-state index contributed by atoms with van der Waals surface area (Å²) in [5.41, 5.74) is 2.55. The molecule has 0 saturated carbocycles. The molecule has 4 aromatic rings. The van der Waals surface area contributed by atoms with Gasteiger partial charge in [-0.15, -0.1) is 0 Å². The minimum atomic E-state index is -0.278. The molecule has 1 amide bonds. The summed E-state index contributed by atoms with van der Waals surface area (Å²) in [6.45, 7) is 3.80. The van der Waals surface area contributed by atoms with Crippen molar-refractivity contribution in [2.45, 2.75) is 13.8 Å². The van der Waals surface area contributed by atoms with Crippen molar-refractivity contribution in [1.82, 2.24) is 19.5 Å². The number of halogens is 1. The van der Waals surface area contributed by atoms with E-state index in [2.05, 4.69) is 20.3 Å². The molecule has 0 unspecified atom stereocenters. The summed E-state index contributed by atoms with van der Waals surface area (Å²) in [5.74, 6) is 1.92. The van der Waals surface area contributed by atoms with Crippen molar-refractivity contribution in [3.05, 3.63) is 83.7 Å². The predicted octanol–water partition coefficient (Wildman–Crippen LogP) is 4.74. The molecular weight excluding hydrogens is 430 g/mol. The van der Waals surface area contributed by atoms with Crippen LogP contribution in [0.1, 0.15) is 11.4 Å². The van der Waals surface area contributed by atoms with Crippen LogP contribution in [0.25, 0.3) is 5.82 Å². The Labute approximate surface area is 189 Å². The molecule has 8 nitrogen and oxygen atoms in total. The summed E-state index contributed by atoms with van der Waals surface area (Å²) >= 11 is 5.83. The van der Waals surface area contributed by atoms with Crippen LogP contribution >= 0.6 is 11.6 Å². The monoisotopic (exact) mass is 449 g/mol. The molecule has 32 heavy (non-hydrogen) atoms. The van der Waals surface area contributed by atoms with Gasteiger partial charge in [0.15, 0.2) is 6.61 Å². The molecule has 4 rings (SSSR count). The molecule has 0 spiro atoms. The Hall–Kier alpha value is -3.91. The van der Waals surface area contributed by atoms with Crippen LogP contribution < -0.4 is 14.8 Å². The molecule has 2 aromatic carbocycles. The summed E-state index contributed by atoms with van der Waals surface area (Å²) in [5, 5.41) is 3.38. The van der Waals surface area contributed by atoms with Crippen molar-refractivity contribution < 1.29 is 14.3 Å². The predicted molar refractivity (Wildman–Crippen MR) is 121 cm³/mol. The van der Waals surface area contributed by atoms with Gasteiger partial charge in [0.2, 0.25) is 5.88 Å². The van der Waals surface area contributed by atoms with Gasteiger partial charge in [0.05, 0.1) is 5.69 Å². The minimum absolute atomic E-state index is 0.114.